The van der Waals surface area contributed by atoms with Gasteiger partial charge in [0.25, 0.3) is 0 Å². The lowest BCUT2D eigenvalue weighted by Crippen LogP contribution is -2.21. The normalized spacial score (nSPS) is 10.9. The number of carboxylic acid groups (broad SMARTS) is 1. The molecule has 0 aliphatic rings. The van der Waals surface area contributed by atoms with E-state index in [4.69, 9.17) is 9.84 Å². The van der Waals surface area contributed by atoms with Gasteiger partial charge < -0.3 is 15.2 Å². The molecule has 0 spiro atoms. The second-order valence-electron chi connectivity index (χ2n) is 3.91. The minimum absolute atomic E-state index is 0.0481. The lowest BCUT2D eigenvalue weighted by Gasteiger charge is -2.10. The van der Waals surface area contributed by atoms with Crippen molar-refractivity contribution in [3.05, 3.63) is 23.8 Å². The van der Waals surface area contributed by atoms with Gasteiger partial charge in [0, 0.05) is 13.5 Å². The first-order chi connectivity index (χ1) is 9.31. The summed E-state index contributed by atoms with van der Waals surface area (Å²) < 4.78 is 29.2. The predicted octanol–water partition coefficient (Wildman–Crippen LogP) is 0.303. The Hall–Kier alpha value is -2.09. The standard InChI is InChI=1S/C12H15NO6S/c1-13-11(14)5-6-20(17,18)10-7-8(12(15)16)3-4-9(10)19-2/h3-4,7H,5-6H2,1-2H3,(H,13,14)(H,15,16). The van der Waals surface area contributed by atoms with Crippen LogP contribution in [-0.2, 0) is 14.6 Å². The first kappa shape index (κ1) is 16.0. The third-order valence-corrected chi connectivity index (χ3v) is 4.35. The highest BCUT2D eigenvalue weighted by atomic mass is 32.2. The average molecular weight is 301 g/mol. The molecule has 0 heterocycles. The zero-order valence-electron chi connectivity index (χ0n) is 11.0. The van der Waals surface area contributed by atoms with Gasteiger partial charge in [0.1, 0.15) is 10.6 Å². The summed E-state index contributed by atoms with van der Waals surface area (Å²) in [6, 6.07) is 3.55. The van der Waals surface area contributed by atoms with Crippen LogP contribution in [0, 0.1) is 0 Å². The van der Waals surface area contributed by atoms with E-state index >= 15 is 0 Å². The summed E-state index contributed by atoms with van der Waals surface area (Å²) in [6.45, 7) is 0. The van der Waals surface area contributed by atoms with Crippen molar-refractivity contribution < 1.29 is 27.9 Å². The maximum atomic E-state index is 12.2. The molecule has 20 heavy (non-hydrogen) atoms. The van der Waals surface area contributed by atoms with Crippen molar-refractivity contribution in [2.75, 3.05) is 19.9 Å². The van der Waals surface area contributed by atoms with Gasteiger partial charge in [-0.05, 0) is 18.2 Å². The fourth-order valence-electron chi connectivity index (χ4n) is 1.51. The molecule has 1 aromatic carbocycles. The van der Waals surface area contributed by atoms with Crippen LogP contribution in [0.2, 0.25) is 0 Å². The summed E-state index contributed by atoms with van der Waals surface area (Å²) in [5, 5.41) is 11.2. The van der Waals surface area contributed by atoms with Crippen LogP contribution in [-0.4, -0.2) is 45.3 Å². The number of sulfone groups is 1. The smallest absolute Gasteiger partial charge is 0.335 e. The number of carbonyl (C=O) groups excluding carboxylic acids is 1. The number of carbonyl (C=O) groups is 2. The molecule has 0 radical (unpaired) electrons. The molecule has 0 aromatic heterocycles. The first-order valence-electron chi connectivity index (χ1n) is 5.66. The van der Waals surface area contributed by atoms with Crippen LogP contribution < -0.4 is 10.1 Å². The van der Waals surface area contributed by atoms with Gasteiger partial charge in [-0.3, -0.25) is 4.79 Å². The van der Waals surface area contributed by atoms with Crippen LogP contribution in [0.3, 0.4) is 0 Å². The zero-order chi connectivity index (χ0) is 15.3. The van der Waals surface area contributed by atoms with Crippen molar-refractivity contribution in [1.29, 1.82) is 0 Å². The van der Waals surface area contributed by atoms with E-state index in [9.17, 15) is 18.0 Å². The Balaban J connectivity index is 3.18. The molecule has 1 rings (SSSR count). The summed E-state index contributed by atoms with van der Waals surface area (Å²) in [6.07, 6.45) is -0.209. The number of methoxy groups -OCH3 is 1. The summed E-state index contributed by atoms with van der Waals surface area (Å²) in [7, 11) is -1.12. The maximum absolute atomic E-state index is 12.2. The summed E-state index contributed by atoms with van der Waals surface area (Å²) in [5.41, 5.74) is -0.163. The molecule has 2 N–H and O–H groups in total. The lowest BCUT2D eigenvalue weighted by atomic mass is 10.2. The topological polar surface area (TPSA) is 110 Å². The third kappa shape index (κ3) is 3.70. The van der Waals surface area contributed by atoms with E-state index in [0.717, 1.165) is 6.07 Å². The fraction of sp³-hybridized carbons (Fsp3) is 0.333. The monoisotopic (exact) mass is 301 g/mol. The second kappa shape index (κ2) is 6.38. The molecular formula is C12H15NO6S. The van der Waals surface area contributed by atoms with E-state index in [1.165, 1.54) is 26.3 Å². The lowest BCUT2D eigenvalue weighted by molar-refractivity contribution is -0.120. The molecule has 0 unspecified atom stereocenters. The number of benzene rings is 1. The number of hydrogen-bond acceptors (Lipinski definition) is 5. The number of ether oxygens (including phenoxy) is 1. The van der Waals surface area contributed by atoms with E-state index < -0.39 is 27.5 Å². The minimum atomic E-state index is -3.81. The molecule has 1 amide bonds. The van der Waals surface area contributed by atoms with Crippen LogP contribution in [0.4, 0.5) is 0 Å². The van der Waals surface area contributed by atoms with Crippen molar-refractivity contribution in [3.63, 3.8) is 0 Å². The summed E-state index contributed by atoms with van der Waals surface area (Å²) in [4.78, 5) is 21.8. The molecule has 0 saturated carbocycles. The van der Waals surface area contributed by atoms with E-state index in [-0.39, 0.29) is 22.6 Å². The van der Waals surface area contributed by atoms with Crippen molar-refractivity contribution in [3.8, 4) is 5.75 Å². The molecule has 0 aliphatic heterocycles. The van der Waals surface area contributed by atoms with E-state index in [1.54, 1.807) is 0 Å². The molecule has 1 aromatic rings. The Labute approximate surface area is 116 Å². The molecule has 7 nitrogen and oxygen atoms in total. The van der Waals surface area contributed by atoms with Crippen LogP contribution >= 0.6 is 0 Å². The molecule has 110 valence electrons. The van der Waals surface area contributed by atoms with E-state index in [1.807, 2.05) is 0 Å². The Morgan fingerprint density at radius 1 is 1.35 bits per heavy atom. The van der Waals surface area contributed by atoms with Crippen molar-refractivity contribution in [1.82, 2.24) is 5.32 Å². The number of rotatable bonds is 6. The third-order valence-electron chi connectivity index (χ3n) is 2.62. The highest BCUT2D eigenvalue weighted by Crippen LogP contribution is 2.26. The van der Waals surface area contributed by atoms with Gasteiger partial charge in [0.15, 0.2) is 9.84 Å². The average Bonchev–Trinajstić information content (AvgIpc) is 2.43. The first-order valence-corrected chi connectivity index (χ1v) is 7.31. The molecule has 0 saturated heterocycles. The fourth-order valence-corrected chi connectivity index (χ4v) is 2.95. The van der Waals surface area contributed by atoms with Gasteiger partial charge in [-0.25, -0.2) is 13.2 Å². The Kier molecular flexibility index (Phi) is 5.09. The van der Waals surface area contributed by atoms with Crippen LogP contribution in [0.25, 0.3) is 0 Å². The van der Waals surface area contributed by atoms with Crippen molar-refractivity contribution in [2.24, 2.45) is 0 Å². The highest BCUT2D eigenvalue weighted by Gasteiger charge is 2.22. The highest BCUT2D eigenvalue weighted by molar-refractivity contribution is 7.91. The van der Waals surface area contributed by atoms with Gasteiger partial charge in [-0.15, -0.1) is 0 Å². The van der Waals surface area contributed by atoms with Gasteiger partial charge in [-0.1, -0.05) is 0 Å². The number of amides is 1. The van der Waals surface area contributed by atoms with Crippen LogP contribution in [0.1, 0.15) is 16.8 Å². The number of carboxylic acids is 1. The Morgan fingerprint density at radius 2 is 2.00 bits per heavy atom. The largest absolute Gasteiger partial charge is 0.495 e. The minimum Gasteiger partial charge on any atom is -0.495 e. The van der Waals surface area contributed by atoms with E-state index in [2.05, 4.69) is 5.32 Å². The molecule has 0 bridgehead atoms. The number of nitrogens with one attached hydrogen (secondary N) is 1. The van der Waals surface area contributed by atoms with E-state index in [0.29, 0.717) is 0 Å². The van der Waals surface area contributed by atoms with Crippen LogP contribution in [0.5, 0.6) is 5.75 Å². The second-order valence-corrected chi connectivity index (χ2v) is 5.99. The van der Waals surface area contributed by atoms with Gasteiger partial charge >= 0.3 is 5.97 Å². The molecule has 8 heteroatoms. The van der Waals surface area contributed by atoms with Crippen LogP contribution in [0.15, 0.2) is 23.1 Å². The van der Waals surface area contributed by atoms with Gasteiger partial charge in [-0.2, -0.15) is 0 Å². The SMILES string of the molecule is CNC(=O)CCS(=O)(=O)c1cc(C(=O)O)ccc1OC. The summed E-state index contributed by atoms with van der Waals surface area (Å²) in [5.74, 6) is -2.03. The predicted molar refractivity (Wildman–Crippen MR) is 70.7 cm³/mol. The maximum Gasteiger partial charge on any atom is 0.335 e. The Bertz CT molecular complexity index is 623. The zero-order valence-corrected chi connectivity index (χ0v) is 11.9. The summed E-state index contributed by atoms with van der Waals surface area (Å²) >= 11 is 0. The number of hydrogen-bond donors (Lipinski definition) is 2. The number of aromatic carboxylic acids is 1. The molecule has 0 aliphatic carbocycles. The van der Waals surface area contributed by atoms with Crippen molar-refractivity contribution >= 4 is 21.7 Å². The Morgan fingerprint density at radius 3 is 2.50 bits per heavy atom. The quantitative estimate of drug-likeness (QED) is 0.782. The molecule has 0 fully saturated rings. The molecule has 0 atom stereocenters. The van der Waals surface area contributed by atoms with Crippen molar-refractivity contribution in [2.45, 2.75) is 11.3 Å². The molecular weight excluding hydrogens is 286 g/mol. The van der Waals surface area contributed by atoms with Gasteiger partial charge in [0.2, 0.25) is 5.91 Å². The van der Waals surface area contributed by atoms with Gasteiger partial charge in [0.05, 0.1) is 18.4 Å².